The number of rotatable bonds is 2. The molecule has 1 aromatic carbocycles. The highest BCUT2D eigenvalue weighted by molar-refractivity contribution is 5.84. The van der Waals surface area contributed by atoms with Gasteiger partial charge in [0.15, 0.2) is 0 Å². The molecule has 1 aliphatic carbocycles. The summed E-state index contributed by atoms with van der Waals surface area (Å²) in [5, 5.41) is 3.25. The molecule has 2 saturated heterocycles. The highest BCUT2D eigenvalue weighted by Gasteiger charge is 2.32. The standard InChI is InChI=1S/C21H29N3O2/c25-20(19-11-5-8-16-7-1-2-10-18(16)19)22-17-9-6-14-24(15-17)21(26)23-12-3-4-13-23/h1-2,7,10,17,19H,3-6,8-9,11-15H2,(H,22,25). The van der Waals surface area contributed by atoms with E-state index in [1.807, 2.05) is 15.9 Å². The van der Waals surface area contributed by atoms with Gasteiger partial charge in [-0.1, -0.05) is 24.3 Å². The number of carbonyl (C=O) groups is 2. The van der Waals surface area contributed by atoms with Crippen molar-refractivity contribution < 1.29 is 9.59 Å². The van der Waals surface area contributed by atoms with Gasteiger partial charge in [0.2, 0.25) is 5.91 Å². The quantitative estimate of drug-likeness (QED) is 0.887. The fourth-order valence-electron chi connectivity index (χ4n) is 4.71. The number of nitrogens with one attached hydrogen (secondary N) is 1. The van der Waals surface area contributed by atoms with Crippen LogP contribution in [0.1, 0.15) is 55.6 Å². The van der Waals surface area contributed by atoms with Crippen molar-refractivity contribution in [1.82, 2.24) is 15.1 Å². The molecular formula is C21H29N3O2. The number of hydrogen-bond donors (Lipinski definition) is 1. The van der Waals surface area contributed by atoms with E-state index in [1.165, 1.54) is 11.1 Å². The predicted octanol–water partition coefficient (Wildman–Crippen LogP) is 2.90. The summed E-state index contributed by atoms with van der Waals surface area (Å²) in [6.07, 6.45) is 7.21. The Balaban J connectivity index is 1.38. The molecule has 5 heteroatoms. The van der Waals surface area contributed by atoms with E-state index in [1.54, 1.807) is 0 Å². The lowest BCUT2D eigenvalue weighted by atomic mass is 9.82. The zero-order valence-electron chi connectivity index (χ0n) is 15.5. The van der Waals surface area contributed by atoms with E-state index >= 15 is 0 Å². The number of urea groups is 1. The minimum atomic E-state index is -0.0374. The van der Waals surface area contributed by atoms with E-state index in [2.05, 4.69) is 23.5 Å². The number of carbonyl (C=O) groups excluding carboxylic acids is 2. The van der Waals surface area contributed by atoms with Gasteiger partial charge in [0.25, 0.3) is 0 Å². The van der Waals surface area contributed by atoms with Gasteiger partial charge in [-0.25, -0.2) is 4.79 Å². The van der Waals surface area contributed by atoms with Crippen molar-refractivity contribution in [2.45, 2.75) is 56.9 Å². The molecule has 3 aliphatic rings. The average Bonchev–Trinajstić information content (AvgIpc) is 3.22. The van der Waals surface area contributed by atoms with Crippen molar-refractivity contribution in [3.05, 3.63) is 35.4 Å². The Morgan fingerprint density at radius 3 is 2.54 bits per heavy atom. The summed E-state index contributed by atoms with van der Waals surface area (Å²) in [4.78, 5) is 29.5. The van der Waals surface area contributed by atoms with Crippen LogP contribution in [-0.4, -0.2) is 54.0 Å². The number of hydrogen-bond acceptors (Lipinski definition) is 2. The zero-order valence-corrected chi connectivity index (χ0v) is 15.5. The molecule has 5 nitrogen and oxygen atoms in total. The number of piperidine rings is 1. The molecule has 2 unspecified atom stereocenters. The molecular weight excluding hydrogens is 326 g/mol. The molecule has 0 aromatic heterocycles. The summed E-state index contributed by atoms with van der Waals surface area (Å²) >= 11 is 0. The number of amides is 3. The average molecular weight is 355 g/mol. The molecule has 0 saturated carbocycles. The summed E-state index contributed by atoms with van der Waals surface area (Å²) in [5.74, 6) is 0.0993. The lowest BCUT2D eigenvalue weighted by molar-refractivity contribution is -0.123. The lowest BCUT2D eigenvalue weighted by Crippen LogP contribution is -2.53. The molecule has 140 valence electrons. The Morgan fingerprint density at radius 1 is 0.923 bits per heavy atom. The molecule has 0 radical (unpaired) electrons. The molecule has 3 amide bonds. The van der Waals surface area contributed by atoms with Crippen LogP contribution in [0, 0.1) is 0 Å². The van der Waals surface area contributed by atoms with Gasteiger partial charge in [0.1, 0.15) is 0 Å². The second kappa shape index (κ2) is 7.68. The SMILES string of the molecule is O=C(NC1CCCN(C(=O)N2CCCC2)C1)C1CCCc2ccccc21. The highest BCUT2D eigenvalue weighted by Crippen LogP contribution is 2.31. The molecule has 2 heterocycles. The van der Waals surface area contributed by atoms with E-state index in [-0.39, 0.29) is 23.9 Å². The summed E-state index contributed by atoms with van der Waals surface area (Å²) in [5.41, 5.74) is 2.51. The predicted molar refractivity (Wildman–Crippen MR) is 101 cm³/mol. The number of benzene rings is 1. The van der Waals surface area contributed by atoms with Crippen molar-refractivity contribution in [3.63, 3.8) is 0 Å². The van der Waals surface area contributed by atoms with Crippen molar-refractivity contribution in [2.24, 2.45) is 0 Å². The first kappa shape index (κ1) is 17.4. The third-order valence-electron chi connectivity index (χ3n) is 6.10. The van der Waals surface area contributed by atoms with Gasteiger partial charge < -0.3 is 15.1 Å². The van der Waals surface area contributed by atoms with Gasteiger partial charge in [0, 0.05) is 32.2 Å². The van der Waals surface area contributed by atoms with Crippen LogP contribution in [0.5, 0.6) is 0 Å². The Morgan fingerprint density at radius 2 is 1.69 bits per heavy atom. The van der Waals surface area contributed by atoms with Crippen molar-refractivity contribution in [1.29, 1.82) is 0 Å². The highest BCUT2D eigenvalue weighted by atomic mass is 16.2. The van der Waals surface area contributed by atoms with Crippen LogP contribution in [0.4, 0.5) is 4.79 Å². The summed E-state index contributed by atoms with van der Waals surface area (Å²) in [6, 6.07) is 8.57. The smallest absolute Gasteiger partial charge is 0.320 e. The van der Waals surface area contributed by atoms with Gasteiger partial charge >= 0.3 is 6.03 Å². The van der Waals surface area contributed by atoms with Gasteiger partial charge in [0.05, 0.1) is 5.92 Å². The van der Waals surface area contributed by atoms with E-state index in [9.17, 15) is 9.59 Å². The number of likely N-dealkylation sites (tertiary alicyclic amines) is 2. The van der Waals surface area contributed by atoms with Gasteiger partial charge in [-0.05, 0) is 56.1 Å². The normalized spacial score (nSPS) is 25.7. The molecule has 0 bridgehead atoms. The van der Waals surface area contributed by atoms with Gasteiger partial charge in [-0.15, -0.1) is 0 Å². The van der Waals surface area contributed by atoms with Crippen LogP contribution >= 0.6 is 0 Å². The van der Waals surface area contributed by atoms with Gasteiger partial charge in [-0.2, -0.15) is 0 Å². The molecule has 2 atom stereocenters. The molecule has 0 spiro atoms. The molecule has 4 rings (SSSR count). The van der Waals surface area contributed by atoms with E-state index < -0.39 is 0 Å². The first-order valence-corrected chi connectivity index (χ1v) is 10.1. The summed E-state index contributed by atoms with van der Waals surface area (Å²) in [7, 11) is 0. The number of fused-ring (bicyclic) bond motifs is 1. The number of nitrogens with zero attached hydrogens (tertiary/aromatic N) is 2. The minimum Gasteiger partial charge on any atom is -0.351 e. The first-order chi connectivity index (χ1) is 12.7. The first-order valence-electron chi connectivity index (χ1n) is 10.1. The van der Waals surface area contributed by atoms with E-state index in [0.29, 0.717) is 6.54 Å². The lowest BCUT2D eigenvalue weighted by Gasteiger charge is -2.36. The van der Waals surface area contributed by atoms with Gasteiger partial charge in [-0.3, -0.25) is 4.79 Å². The molecule has 2 aliphatic heterocycles. The molecule has 1 N–H and O–H groups in total. The van der Waals surface area contributed by atoms with Crippen molar-refractivity contribution >= 4 is 11.9 Å². The number of aryl methyl sites for hydroxylation is 1. The maximum Gasteiger partial charge on any atom is 0.320 e. The van der Waals surface area contributed by atoms with Crippen LogP contribution in [0.15, 0.2) is 24.3 Å². The Kier molecular flexibility index (Phi) is 5.14. The van der Waals surface area contributed by atoms with E-state index in [0.717, 1.165) is 64.6 Å². The Hall–Kier alpha value is -2.04. The maximum atomic E-state index is 12.9. The zero-order chi connectivity index (χ0) is 17.9. The van der Waals surface area contributed by atoms with Crippen LogP contribution < -0.4 is 5.32 Å². The second-order valence-electron chi connectivity index (χ2n) is 7.91. The monoisotopic (exact) mass is 355 g/mol. The molecule has 2 fully saturated rings. The maximum absolute atomic E-state index is 12.9. The van der Waals surface area contributed by atoms with Crippen LogP contribution in [0.3, 0.4) is 0 Å². The molecule has 1 aromatic rings. The van der Waals surface area contributed by atoms with Crippen LogP contribution in [0.25, 0.3) is 0 Å². The fraction of sp³-hybridized carbons (Fsp3) is 0.619. The molecule has 26 heavy (non-hydrogen) atoms. The summed E-state index contributed by atoms with van der Waals surface area (Å²) in [6.45, 7) is 3.22. The van der Waals surface area contributed by atoms with Crippen molar-refractivity contribution in [3.8, 4) is 0 Å². The third-order valence-corrected chi connectivity index (χ3v) is 6.10. The topological polar surface area (TPSA) is 52.7 Å². The Bertz CT molecular complexity index is 669. The second-order valence-corrected chi connectivity index (χ2v) is 7.91. The van der Waals surface area contributed by atoms with Crippen LogP contribution in [-0.2, 0) is 11.2 Å². The third kappa shape index (κ3) is 3.57. The van der Waals surface area contributed by atoms with Crippen molar-refractivity contribution in [2.75, 3.05) is 26.2 Å². The van der Waals surface area contributed by atoms with Crippen LogP contribution in [0.2, 0.25) is 0 Å². The van der Waals surface area contributed by atoms with E-state index in [4.69, 9.17) is 0 Å². The largest absolute Gasteiger partial charge is 0.351 e. The Labute approximate surface area is 155 Å². The minimum absolute atomic E-state index is 0.0374. The summed E-state index contributed by atoms with van der Waals surface area (Å²) < 4.78 is 0. The fourth-order valence-corrected chi connectivity index (χ4v) is 4.71.